The third-order valence-corrected chi connectivity index (χ3v) is 3.31. The van der Waals surface area contributed by atoms with Gasteiger partial charge in [-0.15, -0.1) is 0 Å². The third-order valence-electron chi connectivity index (χ3n) is 3.31. The van der Waals surface area contributed by atoms with Crippen LogP contribution in [0, 0.1) is 0 Å². The van der Waals surface area contributed by atoms with E-state index in [0.29, 0.717) is 19.6 Å². The van der Waals surface area contributed by atoms with Crippen LogP contribution in [0.1, 0.15) is 12.0 Å². The van der Waals surface area contributed by atoms with E-state index < -0.39 is 11.9 Å². The highest BCUT2D eigenvalue weighted by Crippen LogP contribution is 2.09. The molecule has 1 aliphatic heterocycles. The Hall–Kier alpha value is -1.88. The van der Waals surface area contributed by atoms with E-state index in [-0.39, 0.29) is 0 Å². The summed E-state index contributed by atoms with van der Waals surface area (Å²) in [7, 11) is 0. The van der Waals surface area contributed by atoms with Crippen LogP contribution in [-0.2, 0) is 16.1 Å². The minimum atomic E-state index is -1.36. The summed E-state index contributed by atoms with van der Waals surface area (Å²) in [5.74, 6) is -2.15. The van der Waals surface area contributed by atoms with Crippen LogP contribution in [0.3, 0.4) is 0 Å². The molecule has 102 valence electrons. The van der Waals surface area contributed by atoms with Crippen molar-refractivity contribution >= 4 is 11.9 Å². The number of carbonyl (C=O) groups is 2. The molecule has 0 saturated carbocycles. The Morgan fingerprint density at radius 3 is 2.47 bits per heavy atom. The first-order valence-corrected chi connectivity index (χ1v) is 6.45. The number of amides is 1. The molecule has 0 unspecified atom stereocenters. The van der Waals surface area contributed by atoms with Gasteiger partial charge in [-0.1, -0.05) is 30.3 Å². The molecule has 5 nitrogen and oxygen atoms in total. The van der Waals surface area contributed by atoms with Gasteiger partial charge in [0.1, 0.15) is 0 Å². The van der Waals surface area contributed by atoms with Crippen LogP contribution in [0.15, 0.2) is 30.3 Å². The van der Waals surface area contributed by atoms with Gasteiger partial charge in [-0.05, 0) is 12.0 Å². The number of carboxylic acid groups (broad SMARTS) is 1. The van der Waals surface area contributed by atoms with Crippen molar-refractivity contribution in [3.8, 4) is 0 Å². The molecule has 1 amide bonds. The van der Waals surface area contributed by atoms with Crippen LogP contribution in [0.2, 0.25) is 0 Å². The quantitative estimate of drug-likeness (QED) is 0.801. The number of aliphatic carboxylic acids is 1. The maximum atomic E-state index is 11.4. The molecule has 0 spiro atoms. The summed E-state index contributed by atoms with van der Waals surface area (Å²) >= 11 is 0. The van der Waals surface area contributed by atoms with E-state index >= 15 is 0 Å². The molecule has 19 heavy (non-hydrogen) atoms. The summed E-state index contributed by atoms with van der Waals surface area (Å²) in [6.07, 6.45) is 0.811. The minimum absolute atomic E-state index is 0.484. The second kappa shape index (κ2) is 6.33. The van der Waals surface area contributed by atoms with Crippen LogP contribution in [0.5, 0.6) is 0 Å². The van der Waals surface area contributed by atoms with Gasteiger partial charge in [0, 0.05) is 32.7 Å². The molecule has 0 radical (unpaired) electrons. The molecule has 1 aromatic carbocycles. The lowest BCUT2D eigenvalue weighted by Crippen LogP contribution is -2.39. The zero-order valence-corrected chi connectivity index (χ0v) is 10.8. The predicted molar refractivity (Wildman–Crippen MR) is 70.6 cm³/mol. The summed E-state index contributed by atoms with van der Waals surface area (Å²) in [6.45, 7) is 3.45. The smallest absolute Gasteiger partial charge is 0.394 e. The van der Waals surface area contributed by atoms with E-state index in [2.05, 4.69) is 17.0 Å². The maximum Gasteiger partial charge on any atom is 0.394 e. The van der Waals surface area contributed by atoms with Crippen molar-refractivity contribution in [2.45, 2.75) is 13.0 Å². The summed E-state index contributed by atoms with van der Waals surface area (Å²) in [5.41, 5.74) is 1.24. The van der Waals surface area contributed by atoms with Gasteiger partial charge in [-0.25, -0.2) is 4.79 Å². The van der Waals surface area contributed by atoms with Crippen LogP contribution >= 0.6 is 0 Å². The predicted octanol–water partition coefficient (Wildman–Crippen LogP) is 0.805. The van der Waals surface area contributed by atoms with Crippen molar-refractivity contribution < 1.29 is 14.7 Å². The molecule has 1 N–H and O–H groups in total. The molecule has 1 aromatic rings. The van der Waals surface area contributed by atoms with Crippen LogP contribution in [-0.4, -0.2) is 53.0 Å². The molecule has 1 fully saturated rings. The highest BCUT2D eigenvalue weighted by Gasteiger charge is 2.23. The van der Waals surface area contributed by atoms with E-state index in [1.54, 1.807) is 0 Å². The molecular weight excluding hydrogens is 244 g/mol. The van der Waals surface area contributed by atoms with Crippen molar-refractivity contribution in [3.05, 3.63) is 35.9 Å². The second-order valence-corrected chi connectivity index (χ2v) is 4.71. The number of rotatable bonds is 2. The normalized spacial score (nSPS) is 16.9. The highest BCUT2D eigenvalue weighted by molar-refractivity contribution is 6.31. The topological polar surface area (TPSA) is 60.9 Å². The average molecular weight is 262 g/mol. The van der Waals surface area contributed by atoms with E-state index in [1.165, 1.54) is 10.5 Å². The first-order valence-electron chi connectivity index (χ1n) is 6.45. The van der Waals surface area contributed by atoms with Gasteiger partial charge in [0.15, 0.2) is 0 Å². The van der Waals surface area contributed by atoms with E-state index in [1.807, 2.05) is 18.2 Å². The fraction of sp³-hybridized carbons (Fsp3) is 0.429. The lowest BCUT2D eigenvalue weighted by molar-refractivity contribution is -0.155. The molecule has 2 rings (SSSR count). The Morgan fingerprint density at radius 2 is 1.79 bits per heavy atom. The molecule has 5 heteroatoms. The lowest BCUT2D eigenvalue weighted by atomic mass is 10.2. The van der Waals surface area contributed by atoms with Gasteiger partial charge in [-0.2, -0.15) is 0 Å². The summed E-state index contributed by atoms with van der Waals surface area (Å²) in [4.78, 5) is 25.8. The molecule has 1 aliphatic rings. The number of benzene rings is 1. The fourth-order valence-electron chi connectivity index (χ4n) is 2.31. The average Bonchev–Trinajstić information content (AvgIpc) is 2.64. The van der Waals surface area contributed by atoms with Crippen molar-refractivity contribution in [2.24, 2.45) is 0 Å². The van der Waals surface area contributed by atoms with E-state index in [0.717, 1.165) is 19.5 Å². The van der Waals surface area contributed by atoms with Crippen molar-refractivity contribution in [1.82, 2.24) is 9.80 Å². The van der Waals surface area contributed by atoms with E-state index in [4.69, 9.17) is 5.11 Å². The lowest BCUT2D eigenvalue weighted by Gasteiger charge is -2.20. The Morgan fingerprint density at radius 1 is 1.05 bits per heavy atom. The largest absolute Gasteiger partial charge is 0.474 e. The van der Waals surface area contributed by atoms with Crippen LogP contribution in [0.4, 0.5) is 0 Å². The highest BCUT2D eigenvalue weighted by atomic mass is 16.4. The van der Waals surface area contributed by atoms with E-state index in [9.17, 15) is 9.59 Å². The first-order chi connectivity index (χ1) is 9.16. The van der Waals surface area contributed by atoms with Gasteiger partial charge < -0.3 is 10.0 Å². The SMILES string of the molecule is O=C(O)C(=O)N1CCCN(Cc2ccccc2)CC1. The summed E-state index contributed by atoms with van der Waals surface area (Å²) < 4.78 is 0. The van der Waals surface area contributed by atoms with Gasteiger partial charge in [0.2, 0.25) is 0 Å². The Balaban J connectivity index is 1.90. The Bertz CT molecular complexity index is 447. The monoisotopic (exact) mass is 262 g/mol. The fourth-order valence-corrected chi connectivity index (χ4v) is 2.31. The summed E-state index contributed by atoms with van der Waals surface area (Å²) in [6, 6.07) is 10.1. The van der Waals surface area contributed by atoms with Gasteiger partial charge >= 0.3 is 11.9 Å². The first kappa shape index (κ1) is 13.5. The molecular formula is C14H18N2O3. The van der Waals surface area contributed by atoms with Crippen molar-refractivity contribution in [3.63, 3.8) is 0 Å². The van der Waals surface area contributed by atoms with Gasteiger partial charge in [0.25, 0.3) is 0 Å². The number of hydrogen-bond donors (Lipinski definition) is 1. The van der Waals surface area contributed by atoms with Gasteiger partial charge in [-0.3, -0.25) is 9.69 Å². The second-order valence-electron chi connectivity index (χ2n) is 4.71. The molecule has 0 atom stereocenters. The zero-order valence-electron chi connectivity index (χ0n) is 10.8. The van der Waals surface area contributed by atoms with Crippen LogP contribution in [0.25, 0.3) is 0 Å². The standard InChI is InChI=1S/C14H18N2O3/c17-13(14(18)19)16-8-4-7-15(9-10-16)11-12-5-2-1-3-6-12/h1-3,5-6H,4,7-11H2,(H,18,19). The molecule has 0 aromatic heterocycles. The van der Waals surface area contributed by atoms with Crippen molar-refractivity contribution in [1.29, 1.82) is 0 Å². The van der Waals surface area contributed by atoms with Gasteiger partial charge in [0.05, 0.1) is 0 Å². The number of nitrogens with zero attached hydrogens (tertiary/aromatic N) is 2. The summed E-state index contributed by atoms with van der Waals surface area (Å²) in [5, 5.41) is 8.72. The minimum Gasteiger partial charge on any atom is -0.474 e. The van der Waals surface area contributed by atoms with Crippen molar-refractivity contribution in [2.75, 3.05) is 26.2 Å². The molecule has 0 bridgehead atoms. The zero-order chi connectivity index (χ0) is 13.7. The molecule has 1 saturated heterocycles. The molecule has 1 heterocycles. The molecule has 0 aliphatic carbocycles. The number of hydrogen-bond acceptors (Lipinski definition) is 3. The Kier molecular flexibility index (Phi) is 4.52. The maximum absolute atomic E-state index is 11.4. The third kappa shape index (κ3) is 3.79. The number of carbonyl (C=O) groups excluding carboxylic acids is 1. The number of carboxylic acids is 1. The Labute approximate surface area is 112 Å². The van der Waals surface area contributed by atoms with Crippen LogP contribution < -0.4 is 0 Å².